The average Bonchev–Trinajstić information content (AvgIpc) is 2.47. The van der Waals surface area contributed by atoms with Gasteiger partial charge in [0.25, 0.3) is 0 Å². The first kappa shape index (κ1) is 9.36. The molecule has 0 aliphatic carbocycles. The summed E-state index contributed by atoms with van der Waals surface area (Å²) >= 11 is 6.51. The number of carbonyl (C=O) groups is 1. The molecule has 0 saturated heterocycles. The van der Waals surface area contributed by atoms with Crippen molar-refractivity contribution >= 4 is 39.1 Å². The molecule has 1 aromatic carbocycles. The Morgan fingerprint density at radius 1 is 1.57 bits per heavy atom. The standard InChI is InChI=1S/C8H3ClFNO2S/c9-8-11-5-3(7(12)13)1-2-4(10)6(5)14-8/h1-2H,(H,12,13). The van der Waals surface area contributed by atoms with Gasteiger partial charge in [-0.25, -0.2) is 14.2 Å². The molecule has 0 unspecified atom stereocenters. The van der Waals surface area contributed by atoms with Gasteiger partial charge in [-0.1, -0.05) is 22.9 Å². The summed E-state index contributed by atoms with van der Waals surface area (Å²) in [5, 5.41) is 8.78. The van der Waals surface area contributed by atoms with Crippen LogP contribution in [0.3, 0.4) is 0 Å². The zero-order valence-electron chi connectivity index (χ0n) is 6.62. The van der Waals surface area contributed by atoms with E-state index in [0.29, 0.717) is 0 Å². The van der Waals surface area contributed by atoms with E-state index in [1.54, 1.807) is 0 Å². The molecule has 0 spiro atoms. The Hall–Kier alpha value is -1.20. The zero-order valence-corrected chi connectivity index (χ0v) is 8.19. The first-order valence-electron chi connectivity index (χ1n) is 3.57. The van der Waals surface area contributed by atoms with Crippen molar-refractivity contribution in [1.82, 2.24) is 4.98 Å². The molecular formula is C8H3ClFNO2S. The van der Waals surface area contributed by atoms with Gasteiger partial charge in [-0.05, 0) is 12.1 Å². The second-order valence-corrected chi connectivity index (χ2v) is 4.13. The molecule has 1 heterocycles. The smallest absolute Gasteiger partial charge is 0.337 e. The summed E-state index contributed by atoms with van der Waals surface area (Å²) in [5.74, 6) is -1.65. The van der Waals surface area contributed by atoms with Crippen molar-refractivity contribution in [3.63, 3.8) is 0 Å². The van der Waals surface area contributed by atoms with Crippen LogP contribution in [-0.2, 0) is 0 Å². The van der Waals surface area contributed by atoms with Gasteiger partial charge in [0.15, 0.2) is 4.47 Å². The molecule has 72 valence electrons. The van der Waals surface area contributed by atoms with E-state index < -0.39 is 11.8 Å². The number of carboxylic acid groups (broad SMARTS) is 1. The van der Waals surface area contributed by atoms with Gasteiger partial charge in [0.2, 0.25) is 0 Å². The molecule has 0 fully saturated rings. The largest absolute Gasteiger partial charge is 0.478 e. The van der Waals surface area contributed by atoms with Crippen LogP contribution in [0.1, 0.15) is 10.4 Å². The van der Waals surface area contributed by atoms with Crippen LogP contribution in [0.15, 0.2) is 12.1 Å². The van der Waals surface area contributed by atoms with Gasteiger partial charge >= 0.3 is 5.97 Å². The van der Waals surface area contributed by atoms with Crippen LogP contribution in [0.5, 0.6) is 0 Å². The number of halogens is 2. The topological polar surface area (TPSA) is 50.2 Å². The van der Waals surface area contributed by atoms with Crippen LogP contribution >= 0.6 is 22.9 Å². The van der Waals surface area contributed by atoms with Crippen LogP contribution in [-0.4, -0.2) is 16.1 Å². The molecule has 0 aliphatic rings. The second-order valence-electron chi connectivity index (χ2n) is 2.54. The molecule has 2 rings (SSSR count). The predicted octanol–water partition coefficient (Wildman–Crippen LogP) is 2.79. The lowest BCUT2D eigenvalue weighted by Gasteiger charge is -1.95. The molecule has 14 heavy (non-hydrogen) atoms. The molecule has 0 aliphatic heterocycles. The number of benzene rings is 1. The SMILES string of the molecule is O=C(O)c1ccc(F)c2sc(Cl)nc12. The van der Waals surface area contributed by atoms with Gasteiger partial charge < -0.3 is 5.11 Å². The maximum atomic E-state index is 13.2. The Bertz CT molecular complexity index is 525. The number of thiazole rings is 1. The highest BCUT2D eigenvalue weighted by Crippen LogP contribution is 2.30. The number of rotatable bonds is 1. The molecule has 0 radical (unpaired) electrons. The van der Waals surface area contributed by atoms with E-state index in [4.69, 9.17) is 16.7 Å². The minimum absolute atomic E-state index is 0.0375. The highest BCUT2D eigenvalue weighted by molar-refractivity contribution is 7.22. The highest BCUT2D eigenvalue weighted by Gasteiger charge is 2.15. The van der Waals surface area contributed by atoms with E-state index in [2.05, 4.69) is 4.98 Å². The Labute approximate surface area is 86.8 Å². The van der Waals surface area contributed by atoms with E-state index in [9.17, 15) is 9.18 Å². The van der Waals surface area contributed by atoms with Crippen molar-refractivity contribution in [3.8, 4) is 0 Å². The third-order valence-corrected chi connectivity index (χ3v) is 2.87. The van der Waals surface area contributed by atoms with E-state index in [0.717, 1.165) is 17.4 Å². The number of hydrogen-bond acceptors (Lipinski definition) is 3. The Morgan fingerprint density at radius 3 is 2.93 bits per heavy atom. The van der Waals surface area contributed by atoms with E-state index in [1.165, 1.54) is 6.07 Å². The lowest BCUT2D eigenvalue weighted by molar-refractivity contribution is 0.0699. The quantitative estimate of drug-likeness (QED) is 0.821. The molecule has 0 amide bonds. The summed E-state index contributed by atoms with van der Waals surface area (Å²) in [6.45, 7) is 0. The lowest BCUT2D eigenvalue weighted by atomic mass is 10.2. The van der Waals surface area contributed by atoms with Gasteiger partial charge in [-0.2, -0.15) is 0 Å². The fourth-order valence-electron chi connectivity index (χ4n) is 1.12. The Morgan fingerprint density at radius 2 is 2.29 bits per heavy atom. The molecule has 2 aromatic rings. The van der Waals surface area contributed by atoms with Gasteiger partial charge in [0, 0.05) is 0 Å². The zero-order chi connectivity index (χ0) is 10.3. The number of fused-ring (bicyclic) bond motifs is 1. The lowest BCUT2D eigenvalue weighted by Crippen LogP contribution is -1.97. The number of aromatic carboxylic acids is 1. The normalized spacial score (nSPS) is 10.7. The summed E-state index contributed by atoms with van der Waals surface area (Å²) in [7, 11) is 0. The summed E-state index contributed by atoms with van der Waals surface area (Å²) in [4.78, 5) is 14.5. The van der Waals surface area contributed by atoms with Crippen LogP contribution in [0.2, 0.25) is 4.47 Å². The summed E-state index contributed by atoms with van der Waals surface area (Å²) in [6.07, 6.45) is 0. The third-order valence-electron chi connectivity index (χ3n) is 1.70. The number of hydrogen-bond donors (Lipinski definition) is 1. The van der Waals surface area contributed by atoms with Crippen molar-refractivity contribution in [2.75, 3.05) is 0 Å². The minimum Gasteiger partial charge on any atom is -0.478 e. The molecule has 3 nitrogen and oxygen atoms in total. The van der Waals surface area contributed by atoms with Gasteiger partial charge in [-0.15, -0.1) is 0 Å². The summed E-state index contributed by atoms with van der Waals surface area (Å²) in [5.41, 5.74) is 0.0667. The first-order valence-corrected chi connectivity index (χ1v) is 4.77. The Balaban J connectivity index is 2.87. The van der Waals surface area contributed by atoms with Crippen molar-refractivity contribution < 1.29 is 14.3 Å². The number of nitrogens with zero attached hydrogens (tertiary/aromatic N) is 1. The first-order chi connectivity index (χ1) is 6.59. The van der Waals surface area contributed by atoms with Crippen LogP contribution in [0, 0.1) is 5.82 Å². The van der Waals surface area contributed by atoms with Gasteiger partial charge in [0.05, 0.1) is 10.3 Å². The fraction of sp³-hybridized carbons (Fsp3) is 0. The van der Waals surface area contributed by atoms with Crippen molar-refractivity contribution in [3.05, 3.63) is 28.0 Å². The van der Waals surface area contributed by atoms with Crippen molar-refractivity contribution in [1.29, 1.82) is 0 Å². The molecule has 1 aromatic heterocycles. The molecule has 0 saturated carbocycles. The molecule has 0 bridgehead atoms. The average molecular weight is 232 g/mol. The maximum absolute atomic E-state index is 13.2. The van der Waals surface area contributed by atoms with Crippen LogP contribution < -0.4 is 0 Å². The molecule has 6 heteroatoms. The number of aromatic nitrogens is 1. The summed E-state index contributed by atoms with van der Waals surface area (Å²) in [6, 6.07) is 2.27. The monoisotopic (exact) mass is 231 g/mol. The van der Waals surface area contributed by atoms with Crippen molar-refractivity contribution in [2.24, 2.45) is 0 Å². The van der Waals surface area contributed by atoms with Crippen LogP contribution in [0.4, 0.5) is 4.39 Å². The van der Waals surface area contributed by atoms with E-state index in [1.807, 2.05) is 0 Å². The van der Waals surface area contributed by atoms with Crippen LogP contribution in [0.25, 0.3) is 10.2 Å². The highest BCUT2D eigenvalue weighted by atomic mass is 35.5. The predicted molar refractivity (Wildman–Crippen MR) is 51.5 cm³/mol. The second kappa shape index (κ2) is 3.18. The number of carboxylic acids is 1. The van der Waals surface area contributed by atoms with Crippen molar-refractivity contribution in [2.45, 2.75) is 0 Å². The van der Waals surface area contributed by atoms with E-state index in [-0.39, 0.29) is 20.2 Å². The molecule has 0 atom stereocenters. The molecular weight excluding hydrogens is 229 g/mol. The maximum Gasteiger partial charge on any atom is 0.337 e. The Kier molecular flexibility index (Phi) is 2.13. The minimum atomic E-state index is -1.14. The van der Waals surface area contributed by atoms with E-state index >= 15 is 0 Å². The third kappa shape index (κ3) is 1.34. The van der Waals surface area contributed by atoms with Gasteiger partial charge in [0.1, 0.15) is 11.3 Å². The fourth-order valence-corrected chi connectivity index (χ4v) is 2.16. The van der Waals surface area contributed by atoms with Gasteiger partial charge in [-0.3, -0.25) is 0 Å². The summed E-state index contributed by atoms with van der Waals surface area (Å²) < 4.78 is 13.5. The molecule has 1 N–H and O–H groups in total.